The van der Waals surface area contributed by atoms with E-state index in [4.69, 9.17) is 0 Å². The summed E-state index contributed by atoms with van der Waals surface area (Å²) in [5.74, 6) is -1.25. The molecule has 0 aliphatic heterocycles. The Labute approximate surface area is 106 Å². The minimum atomic E-state index is -0.536. The molecule has 0 fully saturated rings. The molecule has 1 rings (SSSR count). The Bertz CT molecular complexity index is 335. The third-order valence-electron chi connectivity index (χ3n) is 1.63. The van der Waals surface area contributed by atoms with Gasteiger partial charge in [0.2, 0.25) is 0 Å². The molecule has 0 unspecified atom stereocenters. The standard InChI is InChI=1S/C7H12O4.C6H5F/c1-3-10-6(8)5-7(9)11-4-2;7-6-4-2-1-3-5-6/h3-5H2,1-2H3;1-5H. The maximum Gasteiger partial charge on any atom is 0.317 e. The van der Waals surface area contributed by atoms with Gasteiger partial charge in [-0.15, -0.1) is 0 Å². The fourth-order valence-corrected chi connectivity index (χ4v) is 0.957. The van der Waals surface area contributed by atoms with Crippen LogP contribution in [-0.2, 0) is 19.1 Å². The zero-order valence-corrected chi connectivity index (χ0v) is 10.5. The molecule has 0 spiro atoms. The van der Waals surface area contributed by atoms with Crippen molar-refractivity contribution < 1.29 is 23.5 Å². The average molecular weight is 256 g/mol. The molecule has 0 aromatic heterocycles. The highest BCUT2D eigenvalue weighted by Crippen LogP contribution is 1.92. The van der Waals surface area contributed by atoms with E-state index in [1.54, 1.807) is 32.0 Å². The summed E-state index contributed by atoms with van der Waals surface area (Å²) in [6.45, 7) is 3.95. The van der Waals surface area contributed by atoms with Gasteiger partial charge in [-0.3, -0.25) is 9.59 Å². The van der Waals surface area contributed by atoms with E-state index < -0.39 is 11.9 Å². The number of carbonyl (C=O) groups excluding carboxylic acids is 2. The van der Waals surface area contributed by atoms with Crippen LogP contribution in [0.2, 0.25) is 0 Å². The number of hydrogen-bond donors (Lipinski definition) is 0. The van der Waals surface area contributed by atoms with E-state index in [0.717, 1.165) is 0 Å². The lowest BCUT2D eigenvalue weighted by Crippen LogP contribution is -2.13. The van der Waals surface area contributed by atoms with E-state index in [2.05, 4.69) is 9.47 Å². The van der Waals surface area contributed by atoms with Crippen LogP contribution in [-0.4, -0.2) is 25.2 Å². The third kappa shape index (κ3) is 9.33. The summed E-state index contributed by atoms with van der Waals surface area (Å²) in [6, 6.07) is 7.94. The SMILES string of the molecule is CCOC(=O)CC(=O)OCC.Fc1ccccc1. The molecule has 1 aromatic rings. The van der Waals surface area contributed by atoms with Crippen LogP contribution in [0.3, 0.4) is 0 Å². The number of esters is 2. The van der Waals surface area contributed by atoms with Crippen LogP contribution in [0.4, 0.5) is 4.39 Å². The number of carbonyl (C=O) groups is 2. The van der Waals surface area contributed by atoms with Crippen molar-refractivity contribution in [1.82, 2.24) is 0 Å². The molecule has 0 atom stereocenters. The molecule has 4 nitrogen and oxygen atoms in total. The Morgan fingerprint density at radius 3 is 1.72 bits per heavy atom. The molecule has 0 bridgehead atoms. The van der Waals surface area contributed by atoms with Gasteiger partial charge in [-0.25, -0.2) is 4.39 Å². The predicted molar refractivity (Wildman–Crippen MR) is 64.3 cm³/mol. The summed E-state index contributed by atoms with van der Waals surface area (Å²) in [6.07, 6.45) is -0.290. The monoisotopic (exact) mass is 256 g/mol. The van der Waals surface area contributed by atoms with Crippen molar-refractivity contribution in [2.24, 2.45) is 0 Å². The number of rotatable bonds is 4. The molecule has 1 aromatic carbocycles. The van der Waals surface area contributed by atoms with Gasteiger partial charge in [-0.2, -0.15) is 0 Å². The molecule has 100 valence electrons. The van der Waals surface area contributed by atoms with Crippen molar-refractivity contribution in [3.63, 3.8) is 0 Å². The van der Waals surface area contributed by atoms with Crippen molar-refractivity contribution in [3.05, 3.63) is 36.1 Å². The van der Waals surface area contributed by atoms with Crippen molar-refractivity contribution in [2.75, 3.05) is 13.2 Å². The first-order chi connectivity index (χ1) is 8.60. The molecule has 0 aliphatic carbocycles. The fraction of sp³-hybridized carbons (Fsp3) is 0.385. The molecule has 0 aliphatic rings. The molecular formula is C13H17FO4. The Kier molecular flexibility index (Phi) is 9.17. The maximum absolute atomic E-state index is 11.9. The molecule has 0 amide bonds. The van der Waals surface area contributed by atoms with Crippen LogP contribution in [0.15, 0.2) is 30.3 Å². The second-order valence-corrected chi connectivity index (χ2v) is 3.08. The second-order valence-electron chi connectivity index (χ2n) is 3.08. The minimum Gasteiger partial charge on any atom is -0.466 e. The summed E-state index contributed by atoms with van der Waals surface area (Å²) in [4.78, 5) is 21.2. The lowest BCUT2D eigenvalue weighted by atomic mass is 10.4. The summed E-state index contributed by atoms with van der Waals surface area (Å²) < 4.78 is 20.9. The van der Waals surface area contributed by atoms with Gasteiger partial charge >= 0.3 is 11.9 Å². The molecule has 18 heavy (non-hydrogen) atoms. The van der Waals surface area contributed by atoms with Crippen LogP contribution >= 0.6 is 0 Å². The van der Waals surface area contributed by atoms with E-state index in [-0.39, 0.29) is 25.5 Å². The largest absolute Gasteiger partial charge is 0.466 e. The lowest BCUT2D eigenvalue weighted by Gasteiger charge is -2.00. The molecule has 0 radical (unpaired) electrons. The first kappa shape index (κ1) is 16.1. The van der Waals surface area contributed by atoms with Crippen molar-refractivity contribution in [2.45, 2.75) is 20.3 Å². The molecule has 0 heterocycles. The van der Waals surface area contributed by atoms with Gasteiger partial charge in [-0.1, -0.05) is 18.2 Å². The first-order valence-corrected chi connectivity index (χ1v) is 5.61. The van der Waals surface area contributed by atoms with Crippen LogP contribution in [0.25, 0.3) is 0 Å². The highest BCUT2D eigenvalue weighted by molar-refractivity contribution is 5.91. The third-order valence-corrected chi connectivity index (χ3v) is 1.63. The lowest BCUT2D eigenvalue weighted by molar-refractivity contribution is -0.153. The molecular weight excluding hydrogens is 239 g/mol. The van der Waals surface area contributed by atoms with Gasteiger partial charge in [0.25, 0.3) is 0 Å². The van der Waals surface area contributed by atoms with Gasteiger partial charge < -0.3 is 9.47 Å². The van der Waals surface area contributed by atoms with E-state index in [1.807, 2.05) is 0 Å². The van der Waals surface area contributed by atoms with Crippen molar-refractivity contribution in [1.29, 1.82) is 0 Å². The van der Waals surface area contributed by atoms with Gasteiger partial charge in [0.05, 0.1) is 13.2 Å². The number of benzene rings is 1. The number of ether oxygens (including phenoxy) is 2. The first-order valence-electron chi connectivity index (χ1n) is 5.61. The Morgan fingerprint density at radius 2 is 1.44 bits per heavy atom. The zero-order valence-electron chi connectivity index (χ0n) is 10.5. The summed E-state index contributed by atoms with van der Waals surface area (Å²) in [5.41, 5.74) is 0. The normalized spacial score (nSPS) is 8.83. The van der Waals surface area contributed by atoms with E-state index in [0.29, 0.717) is 0 Å². The van der Waals surface area contributed by atoms with E-state index in [9.17, 15) is 14.0 Å². The topological polar surface area (TPSA) is 52.6 Å². The summed E-state index contributed by atoms with van der Waals surface area (Å²) in [5, 5.41) is 0. The zero-order chi connectivity index (χ0) is 13.8. The molecule has 0 saturated heterocycles. The smallest absolute Gasteiger partial charge is 0.317 e. The quantitative estimate of drug-likeness (QED) is 0.613. The van der Waals surface area contributed by atoms with Crippen molar-refractivity contribution in [3.8, 4) is 0 Å². The number of hydrogen-bond acceptors (Lipinski definition) is 4. The van der Waals surface area contributed by atoms with Gasteiger partial charge in [0.15, 0.2) is 0 Å². The maximum atomic E-state index is 11.9. The van der Waals surface area contributed by atoms with E-state index >= 15 is 0 Å². The van der Waals surface area contributed by atoms with Crippen LogP contribution in [0.5, 0.6) is 0 Å². The Morgan fingerprint density at radius 1 is 1.00 bits per heavy atom. The molecule has 0 N–H and O–H groups in total. The Hall–Kier alpha value is -1.91. The summed E-state index contributed by atoms with van der Waals surface area (Å²) >= 11 is 0. The van der Waals surface area contributed by atoms with Crippen molar-refractivity contribution >= 4 is 11.9 Å². The van der Waals surface area contributed by atoms with Crippen LogP contribution in [0, 0.1) is 5.82 Å². The minimum absolute atomic E-state index is 0.178. The second kappa shape index (κ2) is 10.3. The predicted octanol–water partition coefficient (Wildman–Crippen LogP) is 2.33. The Balaban J connectivity index is 0.000000351. The van der Waals surface area contributed by atoms with Gasteiger partial charge in [0, 0.05) is 0 Å². The van der Waals surface area contributed by atoms with Gasteiger partial charge in [-0.05, 0) is 26.0 Å². The number of halogens is 1. The molecule has 0 saturated carbocycles. The van der Waals surface area contributed by atoms with E-state index in [1.165, 1.54) is 12.1 Å². The highest BCUT2D eigenvalue weighted by atomic mass is 19.1. The fourth-order valence-electron chi connectivity index (χ4n) is 0.957. The molecule has 5 heteroatoms. The van der Waals surface area contributed by atoms with Crippen LogP contribution in [0.1, 0.15) is 20.3 Å². The van der Waals surface area contributed by atoms with Gasteiger partial charge in [0.1, 0.15) is 12.2 Å². The average Bonchev–Trinajstić information content (AvgIpc) is 2.31. The highest BCUT2D eigenvalue weighted by Gasteiger charge is 2.09. The summed E-state index contributed by atoms with van der Waals surface area (Å²) in [7, 11) is 0. The van der Waals surface area contributed by atoms with Crippen LogP contribution < -0.4 is 0 Å².